The molecular formula is C31H25N3O3. The predicted molar refractivity (Wildman–Crippen MR) is 143 cm³/mol. The summed E-state index contributed by atoms with van der Waals surface area (Å²) in [7, 11) is 1.68. The molecule has 0 N–H and O–H groups in total. The third kappa shape index (κ3) is 3.56. The van der Waals surface area contributed by atoms with Gasteiger partial charge >= 0.3 is 0 Å². The van der Waals surface area contributed by atoms with Crippen LogP contribution in [-0.4, -0.2) is 23.0 Å². The van der Waals surface area contributed by atoms with Crippen molar-refractivity contribution in [1.82, 2.24) is 10.2 Å². The highest BCUT2D eigenvalue weighted by atomic mass is 16.5. The van der Waals surface area contributed by atoms with Gasteiger partial charge in [-0.2, -0.15) is 5.10 Å². The Labute approximate surface area is 214 Å². The molecule has 6 nitrogen and oxygen atoms in total. The van der Waals surface area contributed by atoms with E-state index in [0.29, 0.717) is 0 Å². The van der Waals surface area contributed by atoms with E-state index in [1.807, 2.05) is 42.5 Å². The molecule has 1 aromatic heterocycles. The van der Waals surface area contributed by atoms with Crippen molar-refractivity contribution < 1.29 is 14.0 Å². The highest BCUT2D eigenvalue weighted by molar-refractivity contribution is 6.02. The maximum absolute atomic E-state index is 6.67. The van der Waals surface area contributed by atoms with Crippen LogP contribution in [0.4, 0.5) is 0 Å². The van der Waals surface area contributed by atoms with Crippen LogP contribution in [0.3, 0.4) is 0 Å². The van der Waals surface area contributed by atoms with Gasteiger partial charge in [0.05, 0.1) is 24.2 Å². The molecule has 0 unspecified atom stereocenters. The molecular weight excluding hydrogens is 462 g/mol. The lowest BCUT2D eigenvalue weighted by molar-refractivity contribution is -0.0208. The standard InChI is InChI=1S/C31H25N3O3/c1-19-11-13-21(14-12-19)29-24-17-22(15-16-25(24)33-37-29)31-34-27(18-26(32-34)20-7-4-3-5-8-20)23-9-6-10-28(35-2)30(23)36-31/h3-17,27,31H,18H2,1-2H3/t27-,31-/m1/s1. The maximum atomic E-state index is 6.67. The summed E-state index contributed by atoms with van der Waals surface area (Å²) in [4.78, 5) is 0. The number of hydrogen-bond acceptors (Lipinski definition) is 6. The van der Waals surface area contributed by atoms with Crippen molar-refractivity contribution >= 4 is 16.6 Å². The predicted octanol–water partition coefficient (Wildman–Crippen LogP) is 7.05. The first-order valence-corrected chi connectivity index (χ1v) is 12.4. The second-order valence-electron chi connectivity index (χ2n) is 9.52. The summed E-state index contributed by atoms with van der Waals surface area (Å²) in [6.07, 6.45) is 0.355. The zero-order valence-electron chi connectivity index (χ0n) is 20.6. The monoisotopic (exact) mass is 487 g/mol. The fraction of sp³-hybridized carbons (Fsp3) is 0.161. The summed E-state index contributed by atoms with van der Waals surface area (Å²) < 4.78 is 18.1. The first kappa shape index (κ1) is 21.7. The van der Waals surface area contributed by atoms with Gasteiger partial charge in [0, 0.05) is 23.1 Å². The third-order valence-corrected chi connectivity index (χ3v) is 7.21. The van der Waals surface area contributed by atoms with Gasteiger partial charge in [0.2, 0.25) is 6.23 Å². The molecule has 4 aromatic carbocycles. The van der Waals surface area contributed by atoms with E-state index in [4.69, 9.17) is 19.1 Å². The molecule has 6 heteroatoms. The van der Waals surface area contributed by atoms with Crippen LogP contribution in [0.2, 0.25) is 0 Å². The van der Waals surface area contributed by atoms with Crippen molar-refractivity contribution in [2.24, 2.45) is 5.10 Å². The molecule has 3 heterocycles. The normalized spacial score (nSPS) is 18.2. The zero-order valence-corrected chi connectivity index (χ0v) is 20.6. The molecule has 7 rings (SSSR count). The van der Waals surface area contributed by atoms with Crippen LogP contribution in [0.15, 0.2) is 101 Å². The van der Waals surface area contributed by atoms with Gasteiger partial charge < -0.3 is 14.0 Å². The minimum Gasteiger partial charge on any atom is -0.493 e. The molecule has 182 valence electrons. The van der Waals surface area contributed by atoms with Gasteiger partial charge in [-0.25, -0.2) is 5.01 Å². The third-order valence-electron chi connectivity index (χ3n) is 7.21. The number of benzene rings is 4. The lowest BCUT2D eigenvalue weighted by atomic mass is 9.95. The molecule has 0 fully saturated rings. The number of methoxy groups -OCH3 is 1. The molecule has 0 bridgehead atoms. The number of para-hydroxylation sites is 1. The Bertz CT molecular complexity index is 1640. The van der Waals surface area contributed by atoms with Crippen LogP contribution < -0.4 is 9.47 Å². The van der Waals surface area contributed by atoms with Crippen LogP contribution >= 0.6 is 0 Å². The van der Waals surface area contributed by atoms with Crippen molar-refractivity contribution in [2.75, 3.05) is 7.11 Å². The minimum absolute atomic E-state index is 0.0359. The molecule has 2 aliphatic heterocycles. The summed E-state index contributed by atoms with van der Waals surface area (Å²) >= 11 is 0. The van der Waals surface area contributed by atoms with Crippen LogP contribution in [0.1, 0.15) is 40.9 Å². The van der Waals surface area contributed by atoms with Gasteiger partial charge in [-0.15, -0.1) is 0 Å². The van der Waals surface area contributed by atoms with Gasteiger partial charge in [0.15, 0.2) is 17.3 Å². The highest BCUT2D eigenvalue weighted by Crippen LogP contribution is 2.51. The smallest absolute Gasteiger partial charge is 0.214 e. The van der Waals surface area contributed by atoms with Crippen LogP contribution in [0, 0.1) is 6.92 Å². The van der Waals surface area contributed by atoms with Crippen LogP contribution in [0.25, 0.3) is 22.2 Å². The number of rotatable bonds is 4. The summed E-state index contributed by atoms with van der Waals surface area (Å²) in [5, 5.41) is 12.4. The Morgan fingerprint density at radius 2 is 1.73 bits per heavy atom. The Morgan fingerprint density at radius 1 is 0.892 bits per heavy atom. The van der Waals surface area contributed by atoms with Gasteiger partial charge in [-0.3, -0.25) is 0 Å². The number of nitrogens with zero attached hydrogens (tertiary/aromatic N) is 3. The van der Waals surface area contributed by atoms with Crippen molar-refractivity contribution in [3.8, 4) is 22.8 Å². The average molecular weight is 488 g/mol. The van der Waals surface area contributed by atoms with E-state index in [2.05, 4.69) is 65.6 Å². The number of hydrogen-bond donors (Lipinski definition) is 0. The van der Waals surface area contributed by atoms with Gasteiger partial charge in [-0.1, -0.05) is 83.5 Å². The SMILES string of the molecule is COc1cccc2c1O[C@H](c1ccc3noc(-c4ccc(C)cc4)c3c1)N1N=C(c3ccccc3)C[C@H]21. The lowest BCUT2D eigenvalue weighted by Gasteiger charge is -2.38. The van der Waals surface area contributed by atoms with E-state index in [0.717, 1.165) is 62.5 Å². The molecule has 2 aliphatic rings. The molecule has 2 atom stereocenters. The number of aryl methyl sites for hydroxylation is 1. The lowest BCUT2D eigenvalue weighted by Crippen LogP contribution is -2.33. The van der Waals surface area contributed by atoms with E-state index in [9.17, 15) is 0 Å². The van der Waals surface area contributed by atoms with Crippen LogP contribution in [0.5, 0.6) is 11.5 Å². The summed E-state index contributed by atoms with van der Waals surface area (Å²) in [5.41, 5.74) is 7.21. The number of aromatic nitrogens is 1. The van der Waals surface area contributed by atoms with Crippen LogP contribution in [-0.2, 0) is 0 Å². The summed E-state index contributed by atoms with van der Waals surface area (Å²) in [6, 6.07) is 30.9. The van der Waals surface area contributed by atoms with E-state index < -0.39 is 6.23 Å². The molecule has 0 spiro atoms. The van der Waals surface area contributed by atoms with Crippen molar-refractivity contribution in [3.63, 3.8) is 0 Å². The fourth-order valence-electron chi connectivity index (χ4n) is 5.30. The molecule has 0 radical (unpaired) electrons. The number of hydrazone groups is 1. The largest absolute Gasteiger partial charge is 0.493 e. The first-order valence-electron chi connectivity index (χ1n) is 12.4. The summed E-state index contributed by atoms with van der Waals surface area (Å²) in [5.74, 6) is 2.24. The van der Waals surface area contributed by atoms with Gasteiger partial charge in [0.25, 0.3) is 0 Å². The molecule has 0 aliphatic carbocycles. The zero-order chi connectivity index (χ0) is 24.9. The minimum atomic E-state index is -0.430. The van der Waals surface area contributed by atoms with E-state index in [1.165, 1.54) is 5.56 Å². The molecule has 0 saturated carbocycles. The Kier molecular flexibility index (Phi) is 4.99. The maximum Gasteiger partial charge on any atom is 0.214 e. The Morgan fingerprint density at radius 3 is 2.54 bits per heavy atom. The molecule has 0 saturated heterocycles. The van der Waals surface area contributed by atoms with E-state index >= 15 is 0 Å². The summed E-state index contributed by atoms with van der Waals surface area (Å²) in [6.45, 7) is 2.07. The average Bonchev–Trinajstić information content (AvgIpc) is 3.58. The van der Waals surface area contributed by atoms with Gasteiger partial charge in [0.1, 0.15) is 5.52 Å². The van der Waals surface area contributed by atoms with Crippen molar-refractivity contribution in [3.05, 3.63) is 113 Å². The Balaban J connectivity index is 1.36. The van der Waals surface area contributed by atoms with Crippen molar-refractivity contribution in [2.45, 2.75) is 25.6 Å². The molecule has 0 amide bonds. The topological polar surface area (TPSA) is 60.1 Å². The molecule has 37 heavy (non-hydrogen) atoms. The van der Waals surface area contributed by atoms with Crippen molar-refractivity contribution in [1.29, 1.82) is 0 Å². The number of fused-ring (bicyclic) bond motifs is 4. The Hall–Kier alpha value is -4.58. The van der Waals surface area contributed by atoms with E-state index in [1.54, 1.807) is 7.11 Å². The second kappa shape index (κ2) is 8.52. The molecule has 5 aromatic rings. The van der Waals surface area contributed by atoms with Gasteiger partial charge in [-0.05, 0) is 30.7 Å². The number of ether oxygens (including phenoxy) is 2. The fourth-order valence-corrected chi connectivity index (χ4v) is 5.30. The highest BCUT2D eigenvalue weighted by Gasteiger charge is 2.42. The van der Waals surface area contributed by atoms with E-state index in [-0.39, 0.29) is 6.04 Å². The first-order chi connectivity index (χ1) is 18.2. The second-order valence-corrected chi connectivity index (χ2v) is 9.52. The quantitative estimate of drug-likeness (QED) is 0.272.